The highest BCUT2D eigenvalue weighted by molar-refractivity contribution is 6.31. The molecule has 0 bridgehead atoms. The molecule has 16 heavy (non-hydrogen) atoms. The number of Topliss-reactive ketones (excluding diaryl/α,β-unsaturated/α-hetero) is 1. The van der Waals surface area contributed by atoms with E-state index in [4.69, 9.17) is 11.6 Å². The van der Waals surface area contributed by atoms with Crippen molar-refractivity contribution in [1.29, 1.82) is 0 Å². The second-order valence-electron chi connectivity index (χ2n) is 3.79. The number of ketones is 1. The van der Waals surface area contributed by atoms with Gasteiger partial charge in [0.05, 0.1) is 5.56 Å². The molecule has 0 heterocycles. The molecule has 1 aromatic rings. The van der Waals surface area contributed by atoms with Crippen LogP contribution in [-0.4, -0.2) is 5.78 Å². The third-order valence-electron chi connectivity index (χ3n) is 2.77. The average Bonchev–Trinajstić information content (AvgIpc) is 2.17. The van der Waals surface area contributed by atoms with E-state index in [9.17, 15) is 18.0 Å². The minimum Gasteiger partial charge on any atom is -0.299 e. The van der Waals surface area contributed by atoms with Gasteiger partial charge in [0.1, 0.15) is 5.78 Å². The quantitative estimate of drug-likeness (QED) is 0.739. The molecular weight excluding hydrogens is 241 g/mol. The zero-order valence-corrected chi connectivity index (χ0v) is 8.90. The fraction of sp³-hybridized carbons (Fsp3) is 0.364. The van der Waals surface area contributed by atoms with Crippen molar-refractivity contribution in [3.63, 3.8) is 0 Å². The third-order valence-corrected chi connectivity index (χ3v) is 3.10. The van der Waals surface area contributed by atoms with Crippen LogP contribution in [-0.2, 0) is 11.0 Å². The summed E-state index contributed by atoms with van der Waals surface area (Å²) in [4.78, 5) is 11.2. The number of hydrogen-bond acceptors (Lipinski definition) is 1. The van der Waals surface area contributed by atoms with Gasteiger partial charge in [-0.1, -0.05) is 17.7 Å². The van der Waals surface area contributed by atoms with Crippen LogP contribution in [0, 0.1) is 0 Å². The SMILES string of the molecule is O=C1CCC1c1ccc(C(F)(F)F)cc1Cl. The largest absolute Gasteiger partial charge is 0.416 e. The standard InChI is InChI=1S/C11H8ClF3O/c12-9-5-6(11(13,14)15)1-2-7(9)8-3-4-10(8)16/h1-2,5,8H,3-4H2. The number of benzene rings is 1. The van der Waals surface area contributed by atoms with E-state index in [0.717, 1.165) is 12.1 Å². The normalized spacial score (nSPS) is 20.8. The molecule has 1 aliphatic carbocycles. The Morgan fingerprint density at radius 2 is 2.00 bits per heavy atom. The van der Waals surface area contributed by atoms with E-state index in [0.29, 0.717) is 18.4 Å². The van der Waals surface area contributed by atoms with Gasteiger partial charge in [0.2, 0.25) is 0 Å². The summed E-state index contributed by atoms with van der Waals surface area (Å²) < 4.78 is 37.0. The van der Waals surface area contributed by atoms with Crippen molar-refractivity contribution in [2.24, 2.45) is 0 Å². The molecule has 0 radical (unpaired) electrons. The molecule has 2 rings (SSSR count). The van der Waals surface area contributed by atoms with Crippen LogP contribution in [0.2, 0.25) is 5.02 Å². The molecule has 0 aromatic heterocycles. The predicted molar refractivity (Wildman–Crippen MR) is 53.4 cm³/mol. The molecule has 1 unspecified atom stereocenters. The van der Waals surface area contributed by atoms with Crippen LogP contribution in [0.4, 0.5) is 13.2 Å². The summed E-state index contributed by atoms with van der Waals surface area (Å²) in [6.07, 6.45) is -3.24. The molecule has 86 valence electrons. The second kappa shape index (κ2) is 3.77. The topological polar surface area (TPSA) is 17.1 Å². The van der Waals surface area contributed by atoms with Gasteiger partial charge in [0.25, 0.3) is 0 Å². The molecule has 0 spiro atoms. The maximum absolute atomic E-state index is 12.3. The number of carbonyl (C=O) groups excluding carboxylic acids is 1. The zero-order valence-electron chi connectivity index (χ0n) is 8.14. The van der Waals surface area contributed by atoms with Crippen molar-refractivity contribution in [1.82, 2.24) is 0 Å². The van der Waals surface area contributed by atoms with E-state index < -0.39 is 11.7 Å². The molecule has 1 aromatic carbocycles. The first-order chi connectivity index (χ1) is 7.39. The van der Waals surface area contributed by atoms with Crippen molar-refractivity contribution in [2.75, 3.05) is 0 Å². The number of carbonyl (C=O) groups is 1. The van der Waals surface area contributed by atoms with Crippen molar-refractivity contribution in [2.45, 2.75) is 24.9 Å². The van der Waals surface area contributed by atoms with Crippen LogP contribution >= 0.6 is 11.6 Å². The van der Waals surface area contributed by atoms with Gasteiger partial charge >= 0.3 is 6.18 Å². The van der Waals surface area contributed by atoms with E-state index in [1.807, 2.05) is 0 Å². The molecule has 0 aliphatic heterocycles. The lowest BCUT2D eigenvalue weighted by atomic mass is 9.78. The fourth-order valence-corrected chi connectivity index (χ4v) is 2.03. The minimum absolute atomic E-state index is 0.0212. The number of hydrogen-bond donors (Lipinski definition) is 0. The van der Waals surface area contributed by atoms with Gasteiger partial charge in [0, 0.05) is 17.4 Å². The molecule has 5 heteroatoms. The van der Waals surface area contributed by atoms with Crippen molar-refractivity contribution >= 4 is 17.4 Å². The average molecular weight is 249 g/mol. The van der Waals surface area contributed by atoms with Crippen LogP contribution in [0.5, 0.6) is 0 Å². The number of rotatable bonds is 1. The van der Waals surface area contributed by atoms with E-state index in [1.54, 1.807) is 0 Å². The Kier molecular flexibility index (Phi) is 2.70. The highest BCUT2D eigenvalue weighted by Crippen LogP contribution is 2.39. The maximum Gasteiger partial charge on any atom is 0.416 e. The monoisotopic (exact) mass is 248 g/mol. The van der Waals surface area contributed by atoms with E-state index in [-0.39, 0.29) is 16.7 Å². The lowest BCUT2D eigenvalue weighted by Gasteiger charge is -2.25. The Hall–Kier alpha value is -1.03. The lowest BCUT2D eigenvalue weighted by molar-refractivity contribution is -0.137. The summed E-state index contributed by atoms with van der Waals surface area (Å²) in [6, 6.07) is 3.14. The first kappa shape index (κ1) is 11.5. The van der Waals surface area contributed by atoms with Gasteiger partial charge in [0.15, 0.2) is 0 Å². The summed E-state index contributed by atoms with van der Waals surface area (Å²) >= 11 is 5.76. The first-order valence-corrected chi connectivity index (χ1v) is 5.17. The summed E-state index contributed by atoms with van der Waals surface area (Å²) in [6.45, 7) is 0. The first-order valence-electron chi connectivity index (χ1n) is 4.79. The molecule has 1 saturated carbocycles. The van der Waals surface area contributed by atoms with Crippen LogP contribution in [0.15, 0.2) is 18.2 Å². The molecule has 0 saturated heterocycles. The maximum atomic E-state index is 12.3. The Balaban J connectivity index is 2.34. The lowest BCUT2D eigenvalue weighted by Crippen LogP contribution is -2.23. The third kappa shape index (κ3) is 1.94. The van der Waals surface area contributed by atoms with Crippen LogP contribution in [0.25, 0.3) is 0 Å². The summed E-state index contributed by atoms with van der Waals surface area (Å²) in [5, 5.41) is 0.0212. The second-order valence-corrected chi connectivity index (χ2v) is 4.20. The van der Waals surface area contributed by atoms with E-state index in [2.05, 4.69) is 0 Å². The molecule has 1 aliphatic rings. The Labute approximate surface area is 95.2 Å². The number of alkyl halides is 3. The predicted octanol–water partition coefficient (Wildman–Crippen LogP) is 3.81. The smallest absolute Gasteiger partial charge is 0.299 e. The minimum atomic E-state index is -4.40. The molecule has 1 atom stereocenters. The Morgan fingerprint density at radius 1 is 1.31 bits per heavy atom. The van der Waals surface area contributed by atoms with Crippen LogP contribution in [0.3, 0.4) is 0 Å². The molecule has 0 amide bonds. The zero-order chi connectivity index (χ0) is 11.9. The highest BCUT2D eigenvalue weighted by Gasteiger charge is 2.34. The fourth-order valence-electron chi connectivity index (χ4n) is 1.72. The Morgan fingerprint density at radius 3 is 2.38 bits per heavy atom. The van der Waals surface area contributed by atoms with Crippen LogP contribution < -0.4 is 0 Å². The van der Waals surface area contributed by atoms with Gasteiger partial charge in [-0.3, -0.25) is 4.79 Å². The van der Waals surface area contributed by atoms with Gasteiger partial charge in [-0.2, -0.15) is 13.2 Å². The summed E-state index contributed by atoms with van der Waals surface area (Å²) in [5.41, 5.74) is -0.279. The molecule has 0 N–H and O–H groups in total. The highest BCUT2D eigenvalue weighted by atomic mass is 35.5. The molecular formula is C11H8ClF3O. The van der Waals surface area contributed by atoms with Gasteiger partial charge < -0.3 is 0 Å². The Bertz CT molecular complexity index is 439. The molecule has 1 fully saturated rings. The van der Waals surface area contributed by atoms with Gasteiger partial charge in [-0.15, -0.1) is 0 Å². The van der Waals surface area contributed by atoms with Gasteiger partial charge in [-0.05, 0) is 24.1 Å². The van der Waals surface area contributed by atoms with Gasteiger partial charge in [-0.25, -0.2) is 0 Å². The van der Waals surface area contributed by atoms with Crippen molar-refractivity contribution in [3.8, 4) is 0 Å². The van der Waals surface area contributed by atoms with E-state index in [1.165, 1.54) is 6.07 Å². The van der Waals surface area contributed by atoms with Crippen molar-refractivity contribution < 1.29 is 18.0 Å². The van der Waals surface area contributed by atoms with Crippen LogP contribution in [0.1, 0.15) is 29.9 Å². The molecule has 1 nitrogen and oxygen atoms in total. The van der Waals surface area contributed by atoms with Crippen molar-refractivity contribution in [3.05, 3.63) is 34.3 Å². The summed E-state index contributed by atoms with van der Waals surface area (Å²) in [7, 11) is 0. The summed E-state index contributed by atoms with van der Waals surface area (Å²) in [5.74, 6) is -0.267. The number of halogens is 4. The van der Waals surface area contributed by atoms with E-state index >= 15 is 0 Å².